The van der Waals surface area contributed by atoms with Crippen molar-refractivity contribution in [3.05, 3.63) is 53.7 Å². The Morgan fingerprint density at radius 3 is 2.55 bits per heavy atom. The molecule has 0 radical (unpaired) electrons. The van der Waals surface area contributed by atoms with E-state index in [9.17, 15) is 9.59 Å². The molecule has 0 saturated heterocycles. The van der Waals surface area contributed by atoms with Crippen LogP contribution in [-0.2, 0) is 0 Å². The number of rotatable bonds is 4. The lowest BCUT2D eigenvalue weighted by Crippen LogP contribution is -2.18. The van der Waals surface area contributed by atoms with Crippen LogP contribution in [0, 0.1) is 0 Å². The van der Waals surface area contributed by atoms with E-state index >= 15 is 0 Å². The van der Waals surface area contributed by atoms with Gasteiger partial charge in [0.15, 0.2) is 0 Å². The minimum absolute atomic E-state index is 0.252. The van der Waals surface area contributed by atoms with Gasteiger partial charge in [-0.1, -0.05) is 12.1 Å². The zero-order chi connectivity index (χ0) is 14.5. The zero-order valence-corrected chi connectivity index (χ0v) is 10.8. The molecule has 0 atom stereocenters. The Kier molecular flexibility index (Phi) is 3.95. The maximum absolute atomic E-state index is 12.0. The number of benzene rings is 1. The van der Waals surface area contributed by atoms with Crippen molar-refractivity contribution in [1.29, 1.82) is 0 Å². The molecule has 20 heavy (non-hydrogen) atoms. The molecular formula is C14H13N3O3. The van der Waals surface area contributed by atoms with Crippen molar-refractivity contribution in [2.45, 2.75) is 0 Å². The largest absolute Gasteiger partial charge is 0.481 e. The summed E-state index contributed by atoms with van der Waals surface area (Å²) < 4.78 is 4.91. The molecule has 102 valence electrons. The smallest absolute Gasteiger partial charge is 0.257 e. The number of primary amides is 1. The van der Waals surface area contributed by atoms with Gasteiger partial charge in [-0.05, 0) is 18.2 Å². The average molecular weight is 271 g/mol. The van der Waals surface area contributed by atoms with Crippen LogP contribution in [0.25, 0.3) is 0 Å². The molecule has 0 unspecified atom stereocenters. The summed E-state index contributed by atoms with van der Waals surface area (Å²) in [5.41, 5.74) is 6.21. The number of hydrogen-bond donors (Lipinski definition) is 2. The van der Waals surface area contributed by atoms with E-state index in [2.05, 4.69) is 10.3 Å². The number of carbonyl (C=O) groups excluding carboxylic acids is 2. The molecule has 0 aliphatic rings. The maximum Gasteiger partial charge on any atom is 0.257 e. The van der Waals surface area contributed by atoms with E-state index in [1.165, 1.54) is 13.3 Å². The van der Waals surface area contributed by atoms with Crippen LogP contribution in [-0.4, -0.2) is 23.9 Å². The van der Waals surface area contributed by atoms with Gasteiger partial charge in [-0.25, -0.2) is 4.98 Å². The average Bonchev–Trinajstić information content (AvgIpc) is 2.47. The summed E-state index contributed by atoms with van der Waals surface area (Å²) in [5, 5.41) is 2.63. The SMILES string of the molecule is COc1ccc(C(=O)Nc2ccccc2C(N)=O)cn1. The standard InChI is InChI=1S/C14H13N3O3/c1-20-12-7-6-9(8-16-12)14(19)17-11-5-3-2-4-10(11)13(15)18/h2-8H,1H3,(H2,15,18)(H,17,19). The number of nitrogens with two attached hydrogens (primary N) is 1. The van der Waals surface area contributed by atoms with E-state index in [0.29, 0.717) is 17.1 Å². The number of methoxy groups -OCH3 is 1. The van der Waals surface area contributed by atoms with Crippen LogP contribution in [0.1, 0.15) is 20.7 Å². The summed E-state index contributed by atoms with van der Waals surface area (Å²) in [6, 6.07) is 9.68. The monoisotopic (exact) mass is 271 g/mol. The van der Waals surface area contributed by atoms with Crippen LogP contribution in [0.4, 0.5) is 5.69 Å². The Balaban J connectivity index is 2.21. The molecule has 6 heteroatoms. The molecule has 0 spiro atoms. The van der Waals surface area contributed by atoms with E-state index in [4.69, 9.17) is 10.5 Å². The van der Waals surface area contributed by atoms with Gasteiger partial charge in [0.25, 0.3) is 11.8 Å². The highest BCUT2D eigenvalue weighted by Gasteiger charge is 2.12. The van der Waals surface area contributed by atoms with Crippen LogP contribution >= 0.6 is 0 Å². The molecule has 2 rings (SSSR count). The Hall–Kier alpha value is -2.89. The van der Waals surface area contributed by atoms with Crippen LogP contribution in [0.5, 0.6) is 5.88 Å². The first-order valence-electron chi connectivity index (χ1n) is 5.82. The van der Waals surface area contributed by atoms with Gasteiger partial charge in [-0.2, -0.15) is 0 Å². The van der Waals surface area contributed by atoms with Crippen molar-refractivity contribution < 1.29 is 14.3 Å². The minimum Gasteiger partial charge on any atom is -0.481 e. The van der Waals surface area contributed by atoms with Crippen LogP contribution in [0.3, 0.4) is 0 Å². The molecule has 0 fully saturated rings. The third-order valence-corrected chi connectivity index (χ3v) is 2.65. The van der Waals surface area contributed by atoms with Gasteiger partial charge in [-0.15, -0.1) is 0 Å². The van der Waals surface area contributed by atoms with E-state index in [1.807, 2.05) is 0 Å². The van der Waals surface area contributed by atoms with E-state index in [-0.39, 0.29) is 11.5 Å². The van der Waals surface area contributed by atoms with E-state index < -0.39 is 5.91 Å². The Morgan fingerprint density at radius 1 is 1.20 bits per heavy atom. The van der Waals surface area contributed by atoms with Crippen LogP contribution in [0.2, 0.25) is 0 Å². The number of carbonyl (C=O) groups is 2. The molecule has 2 amide bonds. The molecule has 0 saturated carbocycles. The predicted molar refractivity (Wildman–Crippen MR) is 73.7 cm³/mol. The summed E-state index contributed by atoms with van der Waals surface area (Å²) in [5.74, 6) is -0.568. The summed E-state index contributed by atoms with van der Waals surface area (Å²) in [6.07, 6.45) is 1.39. The highest BCUT2D eigenvalue weighted by molar-refractivity contribution is 6.08. The molecule has 0 aliphatic heterocycles. The van der Waals surface area contributed by atoms with Gasteiger partial charge in [0.2, 0.25) is 5.88 Å². The topological polar surface area (TPSA) is 94.3 Å². The van der Waals surface area contributed by atoms with Crippen molar-refractivity contribution in [3.63, 3.8) is 0 Å². The summed E-state index contributed by atoms with van der Waals surface area (Å²) in [7, 11) is 1.49. The lowest BCUT2D eigenvalue weighted by Gasteiger charge is -2.08. The second kappa shape index (κ2) is 5.83. The van der Waals surface area contributed by atoms with Gasteiger partial charge in [0.05, 0.1) is 23.9 Å². The fraction of sp³-hybridized carbons (Fsp3) is 0.0714. The second-order valence-electron chi connectivity index (χ2n) is 3.95. The molecular weight excluding hydrogens is 258 g/mol. The number of pyridine rings is 1. The summed E-state index contributed by atoms with van der Waals surface area (Å²) >= 11 is 0. The quantitative estimate of drug-likeness (QED) is 0.879. The molecule has 0 aliphatic carbocycles. The zero-order valence-electron chi connectivity index (χ0n) is 10.8. The minimum atomic E-state index is -0.603. The fourth-order valence-corrected chi connectivity index (χ4v) is 1.64. The fourth-order valence-electron chi connectivity index (χ4n) is 1.64. The number of ether oxygens (including phenoxy) is 1. The highest BCUT2D eigenvalue weighted by atomic mass is 16.5. The number of amides is 2. The van der Waals surface area contributed by atoms with E-state index in [1.54, 1.807) is 36.4 Å². The lowest BCUT2D eigenvalue weighted by molar-refractivity contribution is 0.100. The van der Waals surface area contributed by atoms with Crippen molar-refractivity contribution in [3.8, 4) is 5.88 Å². The van der Waals surface area contributed by atoms with Gasteiger partial charge < -0.3 is 15.8 Å². The van der Waals surface area contributed by atoms with Crippen LogP contribution < -0.4 is 15.8 Å². The van der Waals surface area contributed by atoms with Crippen LogP contribution in [0.15, 0.2) is 42.6 Å². The summed E-state index contributed by atoms with van der Waals surface area (Å²) in [6.45, 7) is 0. The molecule has 1 aromatic carbocycles. The van der Waals surface area contributed by atoms with Gasteiger partial charge in [0, 0.05) is 12.3 Å². The molecule has 2 aromatic rings. The maximum atomic E-state index is 12.0. The molecule has 6 nitrogen and oxygen atoms in total. The third kappa shape index (κ3) is 2.92. The number of nitrogens with zero attached hydrogens (tertiary/aromatic N) is 1. The molecule has 1 aromatic heterocycles. The van der Waals surface area contributed by atoms with Crippen molar-refractivity contribution in [2.24, 2.45) is 5.73 Å². The Morgan fingerprint density at radius 2 is 1.95 bits per heavy atom. The number of anilines is 1. The van der Waals surface area contributed by atoms with Gasteiger partial charge in [-0.3, -0.25) is 9.59 Å². The Labute approximate surface area is 115 Å². The number of aromatic nitrogens is 1. The first kappa shape index (κ1) is 13.5. The molecule has 1 heterocycles. The second-order valence-corrected chi connectivity index (χ2v) is 3.95. The Bertz CT molecular complexity index is 638. The predicted octanol–water partition coefficient (Wildman–Crippen LogP) is 1.44. The molecule has 3 N–H and O–H groups in total. The molecule has 0 bridgehead atoms. The van der Waals surface area contributed by atoms with Gasteiger partial charge >= 0.3 is 0 Å². The van der Waals surface area contributed by atoms with Crippen molar-refractivity contribution in [1.82, 2.24) is 4.98 Å². The van der Waals surface area contributed by atoms with E-state index in [0.717, 1.165) is 0 Å². The van der Waals surface area contributed by atoms with Gasteiger partial charge in [0.1, 0.15) is 0 Å². The first-order valence-corrected chi connectivity index (χ1v) is 5.82. The summed E-state index contributed by atoms with van der Waals surface area (Å²) in [4.78, 5) is 27.3. The number of nitrogens with one attached hydrogen (secondary N) is 1. The normalized spacial score (nSPS) is 9.85. The number of hydrogen-bond acceptors (Lipinski definition) is 4. The van der Waals surface area contributed by atoms with Crippen molar-refractivity contribution >= 4 is 17.5 Å². The number of para-hydroxylation sites is 1. The highest BCUT2D eigenvalue weighted by Crippen LogP contribution is 2.16. The lowest BCUT2D eigenvalue weighted by atomic mass is 10.1. The third-order valence-electron chi connectivity index (χ3n) is 2.65. The first-order chi connectivity index (χ1) is 9.61. The van der Waals surface area contributed by atoms with Crippen molar-refractivity contribution in [2.75, 3.05) is 12.4 Å².